The highest BCUT2D eigenvalue weighted by molar-refractivity contribution is 7.14. The van der Waals surface area contributed by atoms with E-state index in [0.29, 0.717) is 10.9 Å². The summed E-state index contributed by atoms with van der Waals surface area (Å²) in [6.07, 6.45) is 5.95. The van der Waals surface area contributed by atoms with E-state index in [1.807, 2.05) is 7.05 Å². The Morgan fingerprint density at radius 1 is 1.44 bits per heavy atom. The van der Waals surface area contributed by atoms with Crippen LogP contribution in [0.5, 0.6) is 0 Å². The molecule has 1 fully saturated rings. The normalized spacial score (nSPS) is 15.6. The van der Waals surface area contributed by atoms with Gasteiger partial charge in [0.2, 0.25) is 0 Å². The van der Waals surface area contributed by atoms with E-state index in [4.69, 9.17) is 5.11 Å². The Balaban J connectivity index is 2.04. The van der Waals surface area contributed by atoms with Gasteiger partial charge in [-0.15, -0.1) is 11.3 Å². The zero-order valence-electron chi connectivity index (χ0n) is 10.1. The SMILES string of the molecule is CN(C(=O)c1ccc(/C=C/C(=O)O)s1)C1CCC1. The lowest BCUT2D eigenvalue weighted by atomic mass is 9.92. The third kappa shape index (κ3) is 2.79. The summed E-state index contributed by atoms with van der Waals surface area (Å²) in [5.41, 5.74) is 0. The molecule has 4 nitrogen and oxygen atoms in total. The Kier molecular flexibility index (Phi) is 3.81. The van der Waals surface area contributed by atoms with E-state index in [1.54, 1.807) is 17.0 Å². The van der Waals surface area contributed by atoms with E-state index in [0.717, 1.165) is 23.8 Å². The average molecular weight is 265 g/mol. The molecule has 0 aromatic carbocycles. The summed E-state index contributed by atoms with van der Waals surface area (Å²) >= 11 is 1.32. The van der Waals surface area contributed by atoms with Crippen molar-refractivity contribution in [3.63, 3.8) is 0 Å². The molecule has 1 saturated carbocycles. The van der Waals surface area contributed by atoms with Gasteiger partial charge < -0.3 is 10.0 Å². The van der Waals surface area contributed by atoms with Crippen molar-refractivity contribution >= 4 is 29.3 Å². The lowest BCUT2D eigenvalue weighted by Gasteiger charge is -2.34. The van der Waals surface area contributed by atoms with E-state index in [-0.39, 0.29) is 5.91 Å². The molecule has 0 atom stereocenters. The second-order valence-corrected chi connectivity index (χ2v) is 5.49. The molecule has 0 radical (unpaired) electrons. The molecule has 0 unspecified atom stereocenters. The molecule has 1 N–H and O–H groups in total. The van der Waals surface area contributed by atoms with Gasteiger partial charge in [-0.25, -0.2) is 4.79 Å². The van der Waals surface area contributed by atoms with Crippen molar-refractivity contribution in [2.24, 2.45) is 0 Å². The highest BCUT2D eigenvalue weighted by atomic mass is 32.1. The summed E-state index contributed by atoms with van der Waals surface area (Å²) < 4.78 is 0. The topological polar surface area (TPSA) is 57.6 Å². The number of carbonyl (C=O) groups excluding carboxylic acids is 1. The van der Waals surface area contributed by atoms with Crippen molar-refractivity contribution in [3.8, 4) is 0 Å². The molecule has 0 bridgehead atoms. The van der Waals surface area contributed by atoms with Crippen LogP contribution in [0.2, 0.25) is 0 Å². The zero-order valence-corrected chi connectivity index (χ0v) is 10.9. The lowest BCUT2D eigenvalue weighted by molar-refractivity contribution is -0.131. The summed E-state index contributed by atoms with van der Waals surface area (Å²) in [5, 5.41) is 8.53. The van der Waals surface area contributed by atoms with Crippen LogP contribution < -0.4 is 0 Å². The maximum atomic E-state index is 12.1. The number of hydrogen-bond acceptors (Lipinski definition) is 3. The molecule has 2 rings (SSSR count). The van der Waals surface area contributed by atoms with E-state index in [1.165, 1.54) is 23.8 Å². The lowest BCUT2D eigenvalue weighted by Crippen LogP contribution is -2.40. The Labute approximate surface area is 110 Å². The molecule has 1 amide bonds. The molecule has 0 aliphatic heterocycles. The summed E-state index contributed by atoms with van der Waals surface area (Å²) in [4.78, 5) is 25.8. The average Bonchev–Trinajstić information content (AvgIpc) is 2.71. The molecule has 96 valence electrons. The maximum absolute atomic E-state index is 12.1. The first-order chi connectivity index (χ1) is 8.58. The Morgan fingerprint density at radius 3 is 2.72 bits per heavy atom. The fourth-order valence-corrected chi connectivity index (χ4v) is 2.72. The third-order valence-electron chi connectivity index (χ3n) is 3.17. The van der Waals surface area contributed by atoms with Gasteiger partial charge in [-0.05, 0) is 37.5 Å². The zero-order chi connectivity index (χ0) is 13.1. The summed E-state index contributed by atoms with van der Waals surface area (Å²) in [5.74, 6) is -0.956. The highest BCUT2D eigenvalue weighted by Crippen LogP contribution is 2.27. The molecule has 1 heterocycles. The first-order valence-electron chi connectivity index (χ1n) is 5.86. The van der Waals surface area contributed by atoms with Crippen molar-refractivity contribution in [2.45, 2.75) is 25.3 Å². The van der Waals surface area contributed by atoms with Gasteiger partial charge in [0.25, 0.3) is 5.91 Å². The molecule has 1 aliphatic carbocycles. The minimum absolute atomic E-state index is 0.0275. The first kappa shape index (κ1) is 12.8. The standard InChI is InChI=1S/C13H15NO3S/c1-14(9-3-2-4-9)13(17)11-7-5-10(18-11)6-8-12(15)16/h5-9H,2-4H2,1H3,(H,15,16)/b8-6+. The van der Waals surface area contributed by atoms with E-state index >= 15 is 0 Å². The molecular formula is C13H15NO3S. The summed E-state index contributed by atoms with van der Waals surface area (Å²) in [7, 11) is 1.83. The van der Waals surface area contributed by atoms with Crippen molar-refractivity contribution in [2.75, 3.05) is 7.05 Å². The number of carboxylic acid groups (broad SMARTS) is 1. The highest BCUT2D eigenvalue weighted by Gasteiger charge is 2.26. The van der Waals surface area contributed by atoms with E-state index in [9.17, 15) is 9.59 Å². The quantitative estimate of drug-likeness (QED) is 0.851. The number of amides is 1. The Morgan fingerprint density at radius 2 is 2.17 bits per heavy atom. The van der Waals surface area contributed by atoms with Gasteiger partial charge in [-0.1, -0.05) is 0 Å². The van der Waals surface area contributed by atoms with Gasteiger partial charge in [0, 0.05) is 24.0 Å². The van der Waals surface area contributed by atoms with Crippen LogP contribution in [0.25, 0.3) is 6.08 Å². The van der Waals surface area contributed by atoms with Crippen LogP contribution in [0.4, 0.5) is 0 Å². The van der Waals surface area contributed by atoms with Gasteiger partial charge in [0.05, 0.1) is 4.88 Å². The predicted molar refractivity (Wildman–Crippen MR) is 70.7 cm³/mol. The fourth-order valence-electron chi connectivity index (χ4n) is 1.82. The monoisotopic (exact) mass is 265 g/mol. The van der Waals surface area contributed by atoms with Crippen LogP contribution in [0.3, 0.4) is 0 Å². The van der Waals surface area contributed by atoms with Gasteiger partial charge in [-0.2, -0.15) is 0 Å². The number of carbonyl (C=O) groups is 2. The van der Waals surface area contributed by atoms with Gasteiger partial charge in [-0.3, -0.25) is 4.79 Å². The largest absolute Gasteiger partial charge is 0.478 e. The molecule has 1 aromatic heterocycles. The van der Waals surface area contributed by atoms with E-state index in [2.05, 4.69) is 0 Å². The van der Waals surface area contributed by atoms with Crippen LogP contribution in [-0.4, -0.2) is 35.0 Å². The van der Waals surface area contributed by atoms with Gasteiger partial charge >= 0.3 is 5.97 Å². The summed E-state index contributed by atoms with van der Waals surface area (Å²) in [6.45, 7) is 0. The van der Waals surface area contributed by atoms with Crippen LogP contribution in [0, 0.1) is 0 Å². The van der Waals surface area contributed by atoms with Crippen LogP contribution in [-0.2, 0) is 4.79 Å². The second-order valence-electron chi connectivity index (χ2n) is 4.37. The minimum atomic E-state index is -0.983. The van der Waals surface area contributed by atoms with Crippen molar-refractivity contribution in [1.29, 1.82) is 0 Å². The molecule has 1 aliphatic rings. The number of nitrogens with zero attached hydrogens (tertiary/aromatic N) is 1. The van der Waals surface area contributed by atoms with Crippen molar-refractivity contribution in [1.82, 2.24) is 4.90 Å². The second kappa shape index (κ2) is 5.35. The Bertz CT molecular complexity index is 488. The first-order valence-corrected chi connectivity index (χ1v) is 6.67. The maximum Gasteiger partial charge on any atom is 0.328 e. The van der Waals surface area contributed by atoms with Crippen LogP contribution in [0.15, 0.2) is 18.2 Å². The molecule has 0 saturated heterocycles. The minimum Gasteiger partial charge on any atom is -0.478 e. The predicted octanol–water partition coefficient (Wildman–Crippen LogP) is 2.47. The third-order valence-corrected chi connectivity index (χ3v) is 4.21. The van der Waals surface area contributed by atoms with Gasteiger partial charge in [0.1, 0.15) is 0 Å². The van der Waals surface area contributed by atoms with Crippen molar-refractivity contribution in [3.05, 3.63) is 28.0 Å². The molecule has 5 heteroatoms. The number of aliphatic carboxylic acids is 1. The smallest absolute Gasteiger partial charge is 0.328 e. The molecule has 0 spiro atoms. The molecular weight excluding hydrogens is 250 g/mol. The molecule has 18 heavy (non-hydrogen) atoms. The fraction of sp³-hybridized carbons (Fsp3) is 0.385. The summed E-state index contributed by atoms with van der Waals surface area (Å²) in [6, 6.07) is 3.90. The van der Waals surface area contributed by atoms with Crippen LogP contribution >= 0.6 is 11.3 Å². The van der Waals surface area contributed by atoms with E-state index < -0.39 is 5.97 Å². The Hall–Kier alpha value is -1.62. The molecule has 1 aromatic rings. The van der Waals surface area contributed by atoms with Crippen LogP contribution in [0.1, 0.15) is 33.8 Å². The number of carboxylic acids is 1. The number of rotatable bonds is 4. The number of hydrogen-bond donors (Lipinski definition) is 1. The number of thiophene rings is 1. The van der Waals surface area contributed by atoms with Gasteiger partial charge in [0.15, 0.2) is 0 Å². The van der Waals surface area contributed by atoms with Crippen molar-refractivity contribution < 1.29 is 14.7 Å².